The second-order valence-electron chi connectivity index (χ2n) is 7.01. The molecule has 0 aromatic heterocycles. The molecule has 0 saturated heterocycles. The number of carbonyl (C=O) groups excluding carboxylic acids is 1. The predicted molar refractivity (Wildman–Crippen MR) is 119 cm³/mol. The number of carbonyl (C=O) groups is 1. The summed E-state index contributed by atoms with van der Waals surface area (Å²) in [6.45, 7) is 6.17. The molecule has 1 aliphatic carbocycles. The van der Waals surface area contributed by atoms with Crippen molar-refractivity contribution in [3.63, 3.8) is 0 Å². The van der Waals surface area contributed by atoms with Gasteiger partial charge in [-0.2, -0.15) is 0 Å². The maximum Gasteiger partial charge on any atom is 0.224 e. The third-order valence-electron chi connectivity index (χ3n) is 4.68. The number of hydrogen-bond acceptors (Lipinski definition) is 2. The lowest BCUT2D eigenvalue weighted by Gasteiger charge is -2.28. The summed E-state index contributed by atoms with van der Waals surface area (Å²) < 4.78 is 12.9. The highest BCUT2D eigenvalue weighted by Crippen LogP contribution is 2.23. The molecule has 5 nitrogen and oxygen atoms in total. The zero-order valence-electron chi connectivity index (χ0n) is 16.3. The van der Waals surface area contributed by atoms with Crippen molar-refractivity contribution >= 4 is 35.8 Å². The molecule has 1 aliphatic rings. The smallest absolute Gasteiger partial charge is 0.224 e. The van der Waals surface area contributed by atoms with Crippen LogP contribution in [0.4, 0.5) is 4.39 Å². The third-order valence-corrected chi connectivity index (χ3v) is 4.68. The Morgan fingerprint density at radius 3 is 2.44 bits per heavy atom. The van der Waals surface area contributed by atoms with Crippen LogP contribution in [0.2, 0.25) is 0 Å². The average molecular weight is 490 g/mol. The number of rotatable bonds is 7. The standard InChI is InChI=1S/C20H31FN4O.HI/c1-3-22-20(25-18-10-4-15(2)5-11-18)24-13-12-23-19(26)14-16-6-8-17(21)9-7-16;/h6-9,15,18H,3-5,10-14H2,1-2H3,(H,23,26)(H2,22,24,25);1H. The van der Waals surface area contributed by atoms with Gasteiger partial charge in [0.15, 0.2) is 5.96 Å². The molecule has 1 fully saturated rings. The molecule has 3 N–H and O–H groups in total. The van der Waals surface area contributed by atoms with Crippen molar-refractivity contribution in [1.29, 1.82) is 0 Å². The summed E-state index contributed by atoms with van der Waals surface area (Å²) >= 11 is 0. The van der Waals surface area contributed by atoms with Gasteiger partial charge in [0.1, 0.15) is 5.82 Å². The molecule has 0 atom stereocenters. The highest BCUT2D eigenvalue weighted by Gasteiger charge is 2.18. The molecule has 2 rings (SSSR count). The van der Waals surface area contributed by atoms with E-state index in [4.69, 9.17) is 0 Å². The van der Waals surface area contributed by atoms with Crippen molar-refractivity contribution < 1.29 is 9.18 Å². The normalized spacial score (nSPS) is 19.7. The lowest BCUT2D eigenvalue weighted by molar-refractivity contribution is -0.120. The Bertz CT molecular complexity index is 586. The Morgan fingerprint density at radius 2 is 1.81 bits per heavy atom. The molecule has 1 saturated carbocycles. The number of nitrogens with zero attached hydrogens (tertiary/aromatic N) is 1. The van der Waals surface area contributed by atoms with Gasteiger partial charge in [-0.15, -0.1) is 24.0 Å². The lowest BCUT2D eigenvalue weighted by Crippen LogP contribution is -2.45. The quantitative estimate of drug-likeness (QED) is 0.238. The Kier molecular flexibility index (Phi) is 11.3. The van der Waals surface area contributed by atoms with Gasteiger partial charge in [-0.05, 0) is 56.2 Å². The summed E-state index contributed by atoms with van der Waals surface area (Å²) in [5, 5.41) is 9.62. The number of halogens is 2. The number of aliphatic imine (C=N–C) groups is 1. The van der Waals surface area contributed by atoms with Gasteiger partial charge in [-0.25, -0.2) is 4.39 Å². The molecule has 0 heterocycles. The molecule has 0 radical (unpaired) electrons. The van der Waals surface area contributed by atoms with Crippen LogP contribution < -0.4 is 16.0 Å². The molecule has 0 unspecified atom stereocenters. The number of amides is 1. The van der Waals surface area contributed by atoms with Crippen molar-refractivity contribution in [2.24, 2.45) is 10.9 Å². The largest absolute Gasteiger partial charge is 0.357 e. The third kappa shape index (κ3) is 9.39. The van der Waals surface area contributed by atoms with Crippen LogP contribution in [0.5, 0.6) is 0 Å². The Hall–Kier alpha value is -1.38. The number of nitrogens with one attached hydrogen (secondary N) is 3. The average Bonchev–Trinajstić information content (AvgIpc) is 2.63. The van der Waals surface area contributed by atoms with Gasteiger partial charge in [-0.1, -0.05) is 19.1 Å². The molecule has 1 aromatic rings. The van der Waals surface area contributed by atoms with E-state index in [1.807, 2.05) is 6.92 Å². The van der Waals surface area contributed by atoms with E-state index in [-0.39, 0.29) is 42.1 Å². The van der Waals surface area contributed by atoms with Crippen LogP contribution in [-0.2, 0) is 11.2 Å². The van der Waals surface area contributed by atoms with Crippen molar-refractivity contribution in [3.05, 3.63) is 35.6 Å². The van der Waals surface area contributed by atoms with Gasteiger partial charge in [0.25, 0.3) is 0 Å². The maximum atomic E-state index is 12.9. The molecule has 1 aromatic carbocycles. The second-order valence-corrected chi connectivity index (χ2v) is 7.01. The molecular weight excluding hydrogens is 458 g/mol. The van der Waals surface area contributed by atoms with E-state index in [9.17, 15) is 9.18 Å². The Morgan fingerprint density at radius 1 is 1.15 bits per heavy atom. The van der Waals surface area contributed by atoms with E-state index in [0.29, 0.717) is 19.1 Å². The zero-order chi connectivity index (χ0) is 18.8. The lowest BCUT2D eigenvalue weighted by atomic mass is 9.87. The van der Waals surface area contributed by atoms with Crippen LogP contribution in [0.1, 0.15) is 45.1 Å². The van der Waals surface area contributed by atoms with E-state index in [1.165, 1.54) is 37.8 Å². The summed E-state index contributed by atoms with van der Waals surface area (Å²) in [6, 6.07) is 6.48. The van der Waals surface area contributed by atoms with E-state index >= 15 is 0 Å². The summed E-state index contributed by atoms with van der Waals surface area (Å²) in [5.41, 5.74) is 0.800. The Labute approximate surface area is 179 Å². The molecule has 0 bridgehead atoms. The first-order chi connectivity index (χ1) is 12.6. The maximum absolute atomic E-state index is 12.9. The van der Waals surface area contributed by atoms with Crippen molar-refractivity contribution in [3.8, 4) is 0 Å². The summed E-state index contributed by atoms with van der Waals surface area (Å²) in [4.78, 5) is 16.5. The van der Waals surface area contributed by atoms with E-state index < -0.39 is 0 Å². The molecule has 7 heteroatoms. The Balaban J connectivity index is 0.00000364. The van der Waals surface area contributed by atoms with Crippen LogP contribution in [0.15, 0.2) is 29.3 Å². The van der Waals surface area contributed by atoms with Crippen LogP contribution in [0.25, 0.3) is 0 Å². The molecule has 1 amide bonds. The molecule has 27 heavy (non-hydrogen) atoms. The number of benzene rings is 1. The fraction of sp³-hybridized carbons (Fsp3) is 0.600. The van der Waals surface area contributed by atoms with Gasteiger partial charge in [0.05, 0.1) is 13.0 Å². The second kappa shape index (κ2) is 12.9. The van der Waals surface area contributed by atoms with Gasteiger partial charge in [0, 0.05) is 19.1 Å². The minimum absolute atomic E-state index is 0. The van der Waals surface area contributed by atoms with E-state index in [0.717, 1.165) is 24.0 Å². The van der Waals surface area contributed by atoms with Gasteiger partial charge < -0.3 is 16.0 Å². The topological polar surface area (TPSA) is 65.5 Å². The highest BCUT2D eigenvalue weighted by molar-refractivity contribution is 14.0. The predicted octanol–water partition coefficient (Wildman–Crippen LogP) is 3.24. The monoisotopic (exact) mass is 490 g/mol. The van der Waals surface area contributed by atoms with E-state index in [2.05, 4.69) is 27.9 Å². The van der Waals surface area contributed by atoms with Gasteiger partial charge in [0.2, 0.25) is 5.91 Å². The summed E-state index contributed by atoms with van der Waals surface area (Å²) in [5.74, 6) is 1.27. The van der Waals surface area contributed by atoms with Crippen LogP contribution in [-0.4, -0.2) is 37.5 Å². The first-order valence-corrected chi connectivity index (χ1v) is 9.62. The van der Waals surface area contributed by atoms with Crippen molar-refractivity contribution in [2.75, 3.05) is 19.6 Å². The first kappa shape index (κ1) is 23.7. The van der Waals surface area contributed by atoms with Gasteiger partial charge >= 0.3 is 0 Å². The molecule has 152 valence electrons. The molecule has 0 spiro atoms. The highest BCUT2D eigenvalue weighted by atomic mass is 127. The van der Waals surface area contributed by atoms with Gasteiger partial charge in [-0.3, -0.25) is 9.79 Å². The zero-order valence-corrected chi connectivity index (χ0v) is 18.6. The van der Waals surface area contributed by atoms with Crippen LogP contribution in [0.3, 0.4) is 0 Å². The first-order valence-electron chi connectivity index (χ1n) is 9.62. The summed E-state index contributed by atoms with van der Waals surface area (Å²) in [7, 11) is 0. The summed E-state index contributed by atoms with van der Waals surface area (Å²) in [6.07, 6.45) is 5.13. The fourth-order valence-electron chi connectivity index (χ4n) is 3.13. The van der Waals surface area contributed by atoms with Crippen LogP contribution >= 0.6 is 24.0 Å². The molecule has 0 aliphatic heterocycles. The number of hydrogen-bond donors (Lipinski definition) is 3. The minimum atomic E-state index is -0.292. The van der Waals surface area contributed by atoms with Crippen LogP contribution in [0, 0.1) is 11.7 Å². The van der Waals surface area contributed by atoms with Crippen molar-refractivity contribution in [2.45, 2.75) is 52.0 Å². The van der Waals surface area contributed by atoms with Crippen molar-refractivity contribution in [1.82, 2.24) is 16.0 Å². The van der Waals surface area contributed by atoms with E-state index in [1.54, 1.807) is 12.1 Å². The fourth-order valence-corrected chi connectivity index (χ4v) is 3.13. The molecular formula is C20H32FIN4O. The SMILES string of the molecule is CCNC(=NCCNC(=O)Cc1ccc(F)cc1)NC1CCC(C)CC1.I. The number of guanidine groups is 1. The minimum Gasteiger partial charge on any atom is -0.357 e.